The van der Waals surface area contributed by atoms with Crippen molar-refractivity contribution in [3.63, 3.8) is 0 Å². The predicted molar refractivity (Wildman–Crippen MR) is 280 cm³/mol. The van der Waals surface area contributed by atoms with Gasteiger partial charge in [-0.05, 0) is 115 Å². The summed E-state index contributed by atoms with van der Waals surface area (Å²) in [6.45, 7) is 0. The molecule has 11 aromatic carbocycles. The first-order valence-corrected chi connectivity index (χ1v) is 22.7. The molecule has 12 rings (SSSR count). The molecular formula is C64H44N2. The van der Waals surface area contributed by atoms with Gasteiger partial charge in [-0.2, -0.15) is 0 Å². The minimum atomic E-state index is 1.08. The maximum atomic E-state index is 2.41. The summed E-state index contributed by atoms with van der Waals surface area (Å²) in [4.78, 5) is 2.41. The van der Waals surface area contributed by atoms with E-state index < -0.39 is 0 Å². The lowest BCUT2D eigenvalue weighted by Gasteiger charge is -2.28. The highest BCUT2D eigenvalue weighted by Gasteiger charge is 2.21. The molecule has 1 heterocycles. The Hall–Kier alpha value is -8.72. The van der Waals surface area contributed by atoms with Crippen LogP contribution in [0.1, 0.15) is 0 Å². The maximum Gasteiger partial charge on any atom is 0.0547 e. The van der Waals surface area contributed by atoms with E-state index >= 15 is 0 Å². The first-order valence-electron chi connectivity index (χ1n) is 22.7. The van der Waals surface area contributed by atoms with Crippen LogP contribution in [-0.4, -0.2) is 4.57 Å². The Labute approximate surface area is 385 Å². The van der Waals surface area contributed by atoms with Crippen molar-refractivity contribution >= 4 is 49.6 Å². The first-order chi connectivity index (χ1) is 32.8. The Bertz CT molecular complexity index is 3670. The van der Waals surface area contributed by atoms with Crippen molar-refractivity contribution in [3.05, 3.63) is 267 Å². The zero-order valence-corrected chi connectivity index (χ0v) is 36.3. The fraction of sp³-hybridized carbons (Fsp3) is 0. The number of hydrogen-bond acceptors (Lipinski definition) is 1. The summed E-state index contributed by atoms with van der Waals surface area (Å²) in [5, 5.41) is 5.01. The molecule has 12 aromatic rings. The summed E-state index contributed by atoms with van der Waals surface area (Å²) in [5.74, 6) is 0. The van der Waals surface area contributed by atoms with Crippen molar-refractivity contribution in [2.45, 2.75) is 0 Å². The molecule has 2 heteroatoms. The zero-order chi connectivity index (χ0) is 43.8. The van der Waals surface area contributed by atoms with Gasteiger partial charge in [0.25, 0.3) is 0 Å². The minimum absolute atomic E-state index is 1.08. The van der Waals surface area contributed by atoms with E-state index in [0.717, 1.165) is 28.3 Å². The third kappa shape index (κ3) is 6.93. The fourth-order valence-corrected chi connectivity index (χ4v) is 9.96. The monoisotopic (exact) mass is 840 g/mol. The lowest BCUT2D eigenvalue weighted by Crippen LogP contribution is -2.11. The van der Waals surface area contributed by atoms with Crippen molar-refractivity contribution in [1.29, 1.82) is 0 Å². The normalized spacial score (nSPS) is 11.3. The molecule has 0 saturated heterocycles. The molecular weight excluding hydrogens is 797 g/mol. The molecule has 0 aliphatic heterocycles. The second-order valence-corrected chi connectivity index (χ2v) is 16.9. The van der Waals surface area contributed by atoms with E-state index in [2.05, 4.69) is 276 Å². The number of hydrogen-bond donors (Lipinski definition) is 0. The standard InChI is InChI=1S/C64H44N2/c1-3-18-48(19-4-1)57-28-11-13-33-61(57)65(52-42-40-46(41-43-52)45-36-38-49(39-37-45)55-31-16-21-47-20-7-8-26-54(47)55)53-25-15-22-50(44-53)56-27-9-10-29-58(56)59-32-17-35-63-64(59)60-30-12-14-34-62(60)66(63)51-23-5-2-6-24-51/h1-44H. The van der Waals surface area contributed by atoms with Gasteiger partial charge in [0.15, 0.2) is 0 Å². The van der Waals surface area contributed by atoms with Gasteiger partial charge in [0.1, 0.15) is 0 Å². The Morgan fingerprint density at radius 1 is 0.273 bits per heavy atom. The van der Waals surface area contributed by atoms with Crippen molar-refractivity contribution in [2.75, 3.05) is 4.90 Å². The minimum Gasteiger partial charge on any atom is -0.310 e. The highest BCUT2D eigenvalue weighted by Crippen LogP contribution is 2.45. The lowest BCUT2D eigenvalue weighted by molar-refractivity contribution is 1.18. The van der Waals surface area contributed by atoms with E-state index in [1.807, 2.05) is 0 Å². The van der Waals surface area contributed by atoms with Crippen molar-refractivity contribution in [3.8, 4) is 61.3 Å². The van der Waals surface area contributed by atoms with Gasteiger partial charge in [0.2, 0.25) is 0 Å². The number of aromatic nitrogens is 1. The molecule has 0 aliphatic rings. The highest BCUT2D eigenvalue weighted by molar-refractivity contribution is 6.16. The maximum absolute atomic E-state index is 2.41. The van der Waals surface area contributed by atoms with E-state index in [1.165, 1.54) is 82.6 Å². The van der Waals surface area contributed by atoms with Crippen LogP contribution >= 0.6 is 0 Å². The summed E-state index contributed by atoms with van der Waals surface area (Å²) in [6.07, 6.45) is 0. The van der Waals surface area contributed by atoms with Crippen molar-refractivity contribution in [1.82, 2.24) is 4.57 Å². The number of benzene rings is 11. The molecule has 0 atom stereocenters. The summed E-state index contributed by atoms with van der Waals surface area (Å²) in [5.41, 5.74) is 18.7. The summed E-state index contributed by atoms with van der Waals surface area (Å²) in [7, 11) is 0. The molecule has 0 bridgehead atoms. The van der Waals surface area contributed by atoms with Gasteiger partial charge in [-0.25, -0.2) is 0 Å². The van der Waals surface area contributed by atoms with Gasteiger partial charge >= 0.3 is 0 Å². The van der Waals surface area contributed by atoms with Crippen molar-refractivity contribution in [2.24, 2.45) is 0 Å². The molecule has 2 nitrogen and oxygen atoms in total. The van der Waals surface area contributed by atoms with Crippen LogP contribution in [0, 0.1) is 0 Å². The Morgan fingerprint density at radius 3 is 1.59 bits per heavy atom. The summed E-state index contributed by atoms with van der Waals surface area (Å²) in [6, 6.07) is 96.8. The number of para-hydroxylation sites is 3. The van der Waals surface area contributed by atoms with Gasteiger partial charge in [-0.15, -0.1) is 0 Å². The number of anilines is 3. The zero-order valence-electron chi connectivity index (χ0n) is 36.3. The molecule has 0 fully saturated rings. The molecule has 1 aromatic heterocycles. The van der Waals surface area contributed by atoms with E-state index in [9.17, 15) is 0 Å². The van der Waals surface area contributed by atoms with Gasteiger partial charge < -0.3 is 9.47 Å². The molecule has 66 heavy (non-hydrogen) atoms. The summed E-state index contributed by atoms with van der Waals surface area (Å²) >= 11 is 0. The second-order valence-electron chi connectivity index (χ2n) is 16.9. The van der Waals surface area contributed by atoms with Crippen LogP contribution in [0.2, 0.25) is 0 Å². The van der Waals surface area contributed by atoms with E-state index in [0.29, 0.717) is 0 Å². The van der Waals surface area contributed by atoms with Crippen LogP contribution in [0.5, 0.6) is 0 Å². The average molecular weight is 841 g/mol. The smallest absolute Gasteiger partial charge is 0.0547 e. The van der Waals surface area contributed by atoms with Crippen LogP contribution in [-0.2, 0) is 0 Å². The van der Waals surface area contributed by atoms with Crippen LogP contribution in [0.3, 0.4) is 0 Å². The molecule has 0 amide bonds. The SMILES string of the molecule is c1ccc(-c2ccccc2N(c2ccc(-c3ccc(-c4cccc5ccccc45)cc3)cc2)c2cccc(-c3ccccc3-c3cccc4c3c3ccccc3n4-c3ccccc3)c2)cc1. The van der Waals surface area contributed by atoms with Crippen LogP contribution in [0.4, 0.5) is 17.1 Å². The van der Waals surface area contributed by atoms with Gasteiger partial charge in [0, 0.05) is 33.4 Å². The quantitative estimate of drug-likeness (QED) is 0.141. The van der Waals surface area contributed by atoms with Gasteiger partial charge in [-0.1, -0.05) is 212 Å². The van der Waals surface area contributed by atoms with Crippen LogP contribution < -0.4 is 4.90 Å². The Balaban J connectivity index is 0.968. The van der Waals surface area contributed by atoms with Crippen LogP contribution in [0.25, 0.3) is 93.9 Å². The first kappa shape index (κ1) is 38.9. The van der Waals surface area contributed by atoms with Crippen LogP contribution in [0.15, 0.2) is 267 Å². The summed E-state index contributed by atoms with van der Waals surface area (Å²) < 4.78 is 2.39. The molecule has 0 N–H and O–H groups in total. The second kappa shape index (κ2) is 16.8. The third-order valence-electron chi connectivity index (χ3n) is 13.0. The van der Waals surface area contributed by atoms with E-state index in [-0.39, 0.29) is 0 Å². The fourth-order valence-electron chi connectivity index (χ4n) is 9.96. The molecule has 310 valence electrons. The average Bonchev–Trinajstić information content (AvgIpc) is 3.74. The molecule has 0 spiro atoms. The van der Waals surface area contributed by atoms with Crippen molar-refractivity contribution < 1.29 is 0 Å². The number of nitrogens with zero attached hydrogens (tertiary/aromatic N) is 2. The molecule has 0 aliphatic carbocycles. The highest BCUT2D eigenvalue weighted by atomic mass is 15.1. The van der Waals surface area contributed by atoms with E-state index in [4.69, 9.17) is 0 Å². The van der Waals surface area contributed by atoms with E-state index in [1.54, 1.807) is 0 Å². The van der Waals surface area contributed by atoms with Gasteiger partial charge in [0.05, 0.1) is 16.7 Å². The van der Waals surface area contributed by atoms with Gasteiger partial charge in [-0.3, -0.25) is 0 Å². The number of fused-ring (bicyclic) bond motifs is 4. The topological polar surface area (TPSA) is 8.17 Å². The Kier molecular flexibility index (Phi) is 9.89. The largest absolute Gasteiger partial charge is 0.310 e. The molecule has 0 radical (unpaired) electrons. The lowest BCUT2D eigenvalue weighted by atomic mass is 9.91. The third-order valence-corrected chi connectivity index (χ3v) is 13.0. The molecule has 0 unspecified atom stereocenters. The predicted octanol–water partition coefficient (Wildman–Crippen LogP) is 17.7. The Morgan fingerprint density at radius 2 is 0.788 bits per heavy atom. The molecule has 0 saturated carbocycles. The number of rotatable bonds is 9.